The average molecular weight is 443 g/mol. The summed E-state index contributed by atoms with van der Waals surface area (Å²) in [4.78, 5) is 13.1. The molecule has 1 N–H and O–H groups in total. The molecule has 1 aliphatic carbocycles. The van der Waals surface area contributed by atoms with Crippen LogP contribution < -0.4 is 5.32 Å². The molecule has 2 aromatic carbocycles. The number of halogens is 1. The summed E-state index contributed by atoms with van der Waals surface area (Å²) in [5.74, 6) is -0.690. The maximum absolute atomic E-state index is 13.3. The van der Waals surface area contributed by atoms with Crippen molar-refractivity contribution in [2.24, 2.45) is 0 Å². The van der Waals surface area contributed by atoms with Gasteiger partial charge in [-0.1, -0.05) is 0 Å². The molecule has 1 heterocycles. The molecule has 3 aromatic rings. The standard InChI is InChI=1S/C22H23FN4O3S/c1-26(2)31(29,30)18-13-9-16(10-14-18)24-22(28)21-19-5-3-4-6-20(19)27(25-21)17-11-7-15(23)8-12-17/h7-14H,3-6H2,1-2H3,(H,24,28). The quantitative estimate of drug-likeness (QED) is 0.657. The molecule has 31 heavy (non-hydrogen) atoms. The van der Waals surface area contributed by atoms with Gasteiger partial charge in [0.2, 0.25) is 10.0 Å². The van der Waals surface area contributed by atoms with E-state index in [1.807, 2.05) is 0 Å². The average Bonchev–Trinajstić information content (AvgIpc) is 3.14. The minimum absolute atomic E-state index is 0.147. The minimum atomic E-state index is -3.54. The smallest absolute Gasteiger partial charge is 0.276 e. The van der Waals surface area contributed by atoms with Crippen LogP contribution in [0.3, 0.4) is 0 Å². The number of hydrogen-bond donors (Lipinski definition) is 1. The summed E-state index contributed by atoms with van der Waals surface area (Å²) in [5.41, 5.74) is 3.39. The monoisotopic (exact) mass is 442 g/mol. The summed E-state index contributed by atoms with van der Waals surface area (Å²) in [6.07, 6.45) is 3.52. The fourth-order valence-electron chi connectivity index (χ4n) is 3.69. The van der Waals surface area contributed by atoms with Gasteiger partial charge in [0.25, 0.3) is 5.91 Å². The molecule has 0 unspecified atom stereocenters. The van der Waals surface area contributed by atoms with Crippen molar-refractivity contribution in [2.75, 3.05) is 19.4 Å². The Morgan fingerprint density at radius 3 is 2.32 bits per heavy atom. The number of nitrogens with zero attached hydrogens (tertiary/aromatic N) is 3. The van der Waals surface area contributed by atoms with E-state index in [-0.39, 0.29) is 16.6 Å². The topological polar surface area (TPSA) is 84.3 Å². The van der Waals surface area contributed by atoms with Crippen molar-refractivity contribution >= 4 is 21.6 Å². The van der Waals surface area contributed by atoms with Gasteiger partial charge >= 0.3 is 0 Å². The third kappa shape index (κ3) is 4.11. The van der Waals surface area contributed by atoms with E-state index in [1.165, 1.54) is 38.4 Å². The number of benzene rings is 2. The number of hydrogen-bond acceptors (Lipinski definition) is 4. The van der Waals surface area contributed by atoms with Gasteiger partial charge in [-0.25, -0.2) is 21.8 Å². The molecule has 0 atom stereocenters. The molecule has 1 aliphatic rings. The lowest BCUT2D eigenvalue weighted by molar-refractivity contribution is 0.102. The van der Waals surface area contributed by atoms with Crippen LogP contribution in [0.25, 0.3) is 5.69 Å². The molecule has 0 bridgehead atoms. The van der Waals surface area contributed by atoms with Crippen molar-refractivity contribution in [1.82, 2.24) is 14.1 Å². The highest BCUT2D eigenvalue weighted by atomic mass is 32.2. The number of carbonyl (C=O) groups is 1. The van der Waals surface area contributed by atoms with Gasteiger partial charge in [0.15, 0.2) is 5.69 Å². The number of carbonyl (C=O) groups excluding carboxylic acids is 1. The fourth-order valence-corrected chi connectivity index (χ4v) is 4.59. The zero-order chi connectivity index (χ0) is 22.2. The highest BCUT2D eigenvalue weighted by Gasteiger charge is 2.26. The van der Waals surface area contributed by atoms with E-state index in [4.69, 9.17) is 0 Å². The zero-order valence-corrected chi connectivity index (χ0v) is 18.1. The summed E-state index contributed by atoms with van der Waals surface area (Å²) >= 11 is 0. The van der Waals surface area contributed by atoms with E-state index in [2.05, 4.69) is 10.4 Å². The molecule has 1 aromatic heterocycles. The van der Waals surface area contributed by atoms with Gasteiger partial charge < -0.3 is 5.32 Å². The first-order valence-electron chi connectivity index (χ1n) is 9.98. The third-order valence-corrected chi connectivity index (χ3v) is 7.19. The second-order valence-electron chi connectivity index (χ2n) is 7.64. The van der Waals surface area contributed by atoms with E-state index in [0.717, 1.165) is 41.2 Å². The molecule has 0 radical (unpaired) electrons. The number of aromatic nitrogens is 2. The van der Waals surface area contributed by atoms with Crippen molar-refractivity contribution in [1.29, 1.82) is 0 Å². The second-order valence-corrected chi connectivity index (χ2v) is 9.79. The van der Waals surface area contributed by atoms with Crippen LogP contribution in [0.5, 0.6) is 0 Å². The summed E-state index contributed by atoms with van der Waals surface area (Å²) in [6, 6.07) is 12.0. The third-order valence-electron chi connectivity index (χ3n) is 5.36. The van der Waals surface area contributed by atoms with E-state index >= 15 is 0 Å². The van der Waals surface area contributed by atoms with Gasteiger partial charge in [0, 0.05) is 31.0 Å². The number of nitrogens with one attached hydrogen (secondary N) is 1. The SMILES string of the molecule is CN(C)S(=O)(=O)c1ccc(NC(=O)c2nn(-c3ccc(F)cc3)c3c2CCCC3)cc1. The normalized spacial score (nSPS) is 13.8. The highest BCUT2D eigenvalue weighted by Crippen LogP contribution is 2.28. The van der Waals surface area contributed by atoms with E-state index in [1.54, 1.807) is 28.9 Å². The van der Waals surface area contributed by atoms with Crippen LogP contribution in [0, 0.1) is 5.82 Å². The summed E-state index contributed by atoms with van der Waals surface area (Å²) < 4.78 is 40.6. The Hall–Kier alpha value is -3.04. The van der Waals surface area contributed by atoms with Crippen molar-refractivity contribution in [3.05, 3.63) is 71.3 Å². The van der Waals surface area contributed by atoms with Crippen molar-refractivity contribution in [2.45, 2.75) is 30.6 Å². The van der Waals surface area contributed by atoms with Crippen LogP contribution in [0.15, 0.2) is 53.4 Å². The van der Waals surface area contributed by atoms with Gasteiger partial charge in [-0.15, -0.1) is 0 Å². The predicted molar refractivity (Wildman–Crippen MR) is 115 cm³/mol. The maximum Gasteiger partial charge on any atom is 0.276 e. The number of fused-ring (bicyclic) bond motifs is 1. The predicted octanol–water partition coefficient (Wildman–Crippen LogP) is 3.39. The molecule has 0 spiro atoms. The molecular weight excluding hydrogens is 419 g/mol. The highest BCUT2D eigenvalue weighted by molar-refractivity contribution is 7.89. The van der Waals surface area contributed by atoms with Gasteiger partial charge in [-0.2, -0.15) is 5.10 Å². The van der Waals surface area contributed by atoms with Crippen molar-refractivity contribution < 1.29 is 17.6 Å². The second kappa shape index (κ2) is 8.24. The molecular formula is C22H23FN4O3S. The Morgan fingerprint density at radius 2 is 1.68 bits per heavy atom. The van der Waals surface area contributed by atoms with Crippen LogP contribution in [-0.4, -0.2) is 42.5 Å². The fraction of sp³-hybridized carbons (Fsp3) is 0.273. The van der Waals surface area contributed by atoms with Gasteiger partial charge in [-0.3, -0.25) is 4.79 Å². The van der Waals surface area contributed by atoms with Gasteiger partial charge in [-0.05, 0) is 74.2 Å². The Morgan fingerprint density at radius 1 is 1.03 bits per heavy atom. The Bertz CT molecular complexity index is 1220. The summed E-state index contributed by atoms with van der Waals surface area (Å²) in [7, 11) is -0.611. The minimum Gasteiger partial charge on any atom is -0.321 e. The molecule has 162 valence electrons. The molecule has 9 heteroatoms. The van der Waals surface area contributed by atoms with Gasteiger partial charge in [0.1, 0.15) is 5.82 Å². The first-order valence-corrected chi connectivity index (χ1v) is 11.4. The number of sulfonamides is 1. The molecule has 0 saturated carbocycles. The molecule has 1 amide bonds. The van der Waals surface area contributed by atoms with E-state index in [9.17, 15) is 17.6 Å². The number of anilines is 1. The first kappa shape index (κ1) is 21.2. The van der Waals surface area contributed by atoms with E-state index < -0.39 is 10.0 Å². The van der Waals surface area contributed by atoms with Gasteiger partial charge in [0.05, 0.1) is 10.6 Å². The van der Waals surface area contributed by atoms with Crippen molar-refractivity contribution in [3.8, 4) is 5.69 Å². The molecule has 0 aliphatic heterocycles. The molecule has 0 saturated heterocycles. The number of amides is 1. The van der Waals surface area contributed by atoms with Crippen LogP contribution in [0.4, 0.5) is 10.1 Å². The largest absolute Gasteiger partial charge is 0.321 e. The van der Waals surface area contributed by atoms with Crippen LogP contribution >= 0.6 is 0 Å². The Kier molecular flexibility index (Phi) is 5.63. The summed E-state index contributed by atoms with van der Waals surface area (Å²) in [5, 5.41) is 7.35. The Balaban J connectivity index is 1.63. The Labute approximate surface area is 180 Å². The lowest BCUT2D eigenvalue weighted by Crippen LogP contribution is -2.22. The molecule has 7 nitrogen and oxygen atoms in total. The van der Waals surface area contributed by atoms with Crippen LogP contribution in [0.1, 0.15) is 34.6 Å². The molecule has 4 rings (SSSR count). The zero-order valence-electron chi connectivity index (χ0n) is 17.3. The van der Waals surface area contributed by atoms with Crippen LogP contribution in [-0.2, 0) is 22.9 Å². The lowest BCUT2D eigenvalue weighted by Gasteiger charge is -2.14. The maximum atomic E-state index is 13.3. The molecule has 0 fully saturated rings. The summed E-state index contributed by atoms with van der Waals surface area (Å²) in [6.45, 7) is 0. The van der Waals surface area contributed by atoms with E-state index in [0.29, 0.717) is 17.1 Å². The first-order chi connectivity index (χ1) is 14.8. The van der Waals surface area contributed by atoms with Crippen molar-refractivity contribution in [3.63, 3.8) is 0 Å². The number of rotatable bonds is 5. The van der Waals surface area contributed by atoms with Crippen LogP contribution in [0.2, 0.25) is 0 Å². The lowest BCUT2D eigenvalue weighted by atomic mass is 9.95.